The second-order valence-electron chi connectivity index (χ2n) is 4.20. The van der Waals surface area contributed by atoms with E-state index >= 15 is 0 Å². The van der Waals surface area contributed by atoms with Crippen LogP contribution in [0.2, 0.25) is 0 Å². The van der Waals surface area contributed by atoms with Gasteiger partial charge in [-0.1, -0.05) is 30.3 Å². The highest BCUT2D eigenvalue weighted by Crippen LogP contribution is 2.08. The molecular formula is C14H13BrN2O3. The molecule has 0 N–H and O–H groups in total. The number of carbonyl (C=O) groups is 1. The van der Waals surface area contributed by atoms with Crippen molar-refractivity contribution in [2.45, 2.75) is 13.5 Å². The van der Waals surface area contributed by atoms with Crippen LogP contribution in [0.1, 0.15) is 16.1 Å². The number of aryl methyl sites for hydroxylation is 1. The van der Waals surface area contributed by atoms with Gasteiger partial charge in [-0.2, -0.15) is 4.57 Å². The van der Waals surface area contributed by atoms with Gasteiger partial charge in [0.25, 0.3) is 0 Å². The molecular weight excluding hydrogens is 324 g/mol. The van der Waals surface area contributed by atoms with Crippen molar-refractivity contribution in [2.75, 3.05) is 0 Å². The van der Waals surface area contributed by atoms with E-state index in [9.17, 15) is 14.9 Å². The SMILES string of the molecule is Cc1ccc([N+](=O)[O-])c[n+]1CC(=O)c1ccccc1.[Br-]. The third-order valence-corrected chi connectivity index (χ3v) is 2.86. The van der Waals surface area contributed by atoms with Crippen LogP contribution < -0.4 is 21.5 Å². The highest BCUT2D eigenvalue weighted by Gasteiger charge is 2.18. The molecule has 0 radical (unpaired) electrons. The van der Waals surface area contributed by atoms with E-state index < -0.39 is 4.92 Å². The second kappa shape index (κ2) is 6.91. The lowest BCUT2D eigenvalue weighted by Crippen LogP contribution is -3.00. The maximum absolute atomic E-state index is 12.1. The van der Waals surface area contributed by atoms with Gasteiger partial charge in [0.05, 0.1) is 4.92 Å². The van der Waals surface area contributed by atoms with Gasteiger partial charge < -0.3 is 17.0 Å². The molecule has 20 heavy (non-hydrogen) atoms. The Morgan fingerprint density at radius 2 is 1.85 bits per heavy atom. The van der Waals surface area contributed by atoms with Crippen LogP contribution in [-0.2, 0) is 6.54 Å². The maximum atomic E-state index is 12.1. The third-order valence-electron chi connectivity index (χ3n) is 2.86. The molecule has 0 atom stereocenters. The lowest BCUT2D eigenvalue weighted by Gasteiger charge is -2.00. The summed E-state index contributed by atoms with van der Waals surface area (Å²) in [7, 11) is 0. The number of ketones is 1. The summed E-state index contributed by atoms with van der Waals surface area (Å²) >= 11 is 0. The molecule has 1 aromatic carbocycles. The molecule has 0 saturated carbocycles. The Labute approximate surface area is 126 Å². The zero-order chi connectivity index (χ0) is 13.8. The lowest BCUT2D eigenvalue weighted by molar-refractivity contribution is -0.691. The number of nitrogens with zero attached hydrogens (tertiary/aromatic N) is 2. The van der Waals surface area contributed by atoms with E-state index in [-0.39, 0.29) is 35.0 Å². The van der Waals surface area contributed by atoms with Gasteiger partial charge in [-0.05, 0) is 0 Å². The first kappa shape index (κ1) is 16.0. The molecule has 6 heteroatoms. The minimum absolute atomic E-state index is 0. The predicted octanol–water partition coefficient (Wildman–Crippen LogP) is -0.922. The van der Waals surface area contributed by atoms with Crippen molar-refractivity contribution in [3.05, 3.63) is 70.0 Å². The number of hydrogen-bond acceptors (Lipinski definition) is 3. The van der Waals surface area contributed by atoms with Crippen LogP contribution in [0.15, 0.2) is 48.7 Å². The quantitative estimate of drug-likeness (QED) is 0.314. The normalized spacial score (nSPS) is 9.65. The van der Waals surface area contributed by atoms with Crippen LogP contribution in [0.5, 0.6) is 0 Å². The summed E-state index contributed by atoms with van der Waals surface area (Å²) in [5, 5.41) is 10.7. The Morgan fingerprint density at radius 3 is 2.45 bits per heavy atom. The third kappa shape index (κ3) is 3.71. The van der Waals surface area contributed by atoms with Crippen molar-refractivity contribution in [1.29, 1.82) is 0 Å². The highest BCUT2D eigenvalue weighted by molar-refractivity contribution is 5.94. The summed E-state index contributed by atoms with van der Waals surface area (Å²) in [6.07, 6.45) is 1.39. The summed E-state index contributed by atoms with van der Waals surface area (Å²) in [5.74, 6) is -0.0748. The van der Waals surface area contributed by atoms with Crippen molar-refractivity contribution in [2.24, 2.45) is 0 Å². The fourth-order valence-electron chi connectivity index (χ4n) is 1.75. The first-order chi connectivity index (χ1) is 9.08. The Bertz CT molecular complexity index is 630. The van der Waals surface area contributed by atoms with Crippen LogP contribution in [-0.4, -0.2) is 10.7 Å². The number of halogens is 1. The minimum Gasteiger partial charge on any atom is -1.00 e. The van der Waals surface area contributed by atoms with Crippen molar-refractivity contribution >= 4 is 11.5 Å². The van der Waals surface area contributed by atoms with Gasteiger partial charge in [0.1, 0.15) is 0 Å². The van der Waals surface area contributed by atoms with Crippen molar-refractivity contribution in [3.63, 3.8) is 0 Å². The number of hydrogen-bond donors (Lipinski definition) is 0. The van der Waals surface area contributed by atoms with Crippen LogP contribution >= 0.6 is 0 Å². The Morgan fingerprint density at radius 1 is 1.20 bits per heavy atom. The standard InChI is InChI=1S/C14H13N2O3.BrH/c1-11-7-8-13(16(18)19)9-15(11)10-14(17)12-5-3-2-4-6-12;/h2-9H,10H2,1H3;1H/q+1;/p-1. The van der Waals surface area contributed by atoms with E-state index in [2.05, 4.69) is 0 Å². The fraction of sp³-hybridized carbons (Fsp3) is 0.143. The minimum atomic E-state index is -0.469. The number of Topliss-reactive ketones (excluding diaryl/α,β-unsaturated/α-hetero) is 1. The molecule has 5 nitrogen and oxygen atoms in total. The van der Waals surface area contributed by atoms with Gasteiger partial charge in [0.15, 0.2) is 5.69 Å². The summed E-state index contributed by atoms with van der Waals surface area (Å²) in [5.41, 5.74) is 1.38. The molecule has 0 saturated heterocycles. The number of nitro groups is 1. The zero-order valence-corrected chi connectivity index (χ0v) is 12.4. The number of carbonyl (C=O) groups excluding carboxylic acids is 1. The van der Waals surface area contributed by atoms with Gasteiger partial charge in [-0.15, -0.1) is 0 Å². The first-order valence-corrected chi connectivity index (χ1v) is 5.80. The largest absolute Gasteiger partial charge is 1.00 e. The van der Waals surface area contributed by atoms with Gasteiger partial charge in [-0.25, -0.2) is 0 Å². The van der Waals surface area contributed by atoms with Crippen molar-refractivity contribution in [1.82, 2.24) is 0 Å². The first-order valence-electron chi connectivity index (χ1n) is 5.80. The summed E-state index contributed by atoms with van der Waals surface area (Å²) < 4.78 is 1.59. The molecule has 0 fully saturated rings. The van der Waals surface area contributed by atoms with Crippen LogP contribution in [0.4, 0.5) is 5.69 Å². The average molecular weight is 337 g/mol. The topological polar surface area (TPSA) is 64.1 Å². The smallest absolute Gasteiger partial charge is 0.332 e. The summed E-state index contributed by atoms with van der Waals surface area (Å²) in [6, 6.07) is 11.9. The Kier molecular flexibility index (Phi) is 5.52. The van der Waals surface area contributed by atoms with Crippen LogP contribution in [0, 0.1) is 17.0 Å². The van der Waals surface area contributed by atoms with Crippen LogP contribution in [0.3, 0.4) is 0 Å². The van der Waals surface area contributed by atoms with E-state index in [1.165, 1.54) is 12.3 Å². The second-order valence-corrected chi connectivity index (χ2v) is 4.20. The molecule has 0 aliphatic carbocycles. The van der Waals surface area contributed by atoms with Gasteiger partial charge in [0.2, 0.25) is 18.5 Å². The van der Waals surface area contributed by atoms with Crippen molar-refractivity contribution in [3.8, 4) is 0 Å². The molecule has 0 amide bonds. The van der Waals surface area contributed by atoms with Crippen LogP contribution in [0.25, 0.3) is 0 Å². The number of aromatic nitrogens is 1. The Balaban J connectivity index is 0.00000200. The van der Waals surface area contributed by atoms with E-state index in [4.69, 9.17) is 0 Å². The molecule has 0 aliphatic heterocycles. The molecule has 0 aliphatic rings. The highest BCUT2D eigenvalue weighted by atomic mass is 79.9. The van der Waals surface area contributed by atoms with Gasteiger partial charge in [-0.3, -0.25) is 14.9 Å². The maximum Gasteiger partial charge on any atom is 0.332 e. The number of rotatable bonds is 4. The summed E-state index contributed by atoms with van der Waals surface area (Å²) in [6.45, 7) is 1.90. The lowest BCUT2D eigenvalue weighted by atomic mass is 10.1. The molecule has 1 aromatic heterocycles. The molecule has 104 valence electrons. The van der Waals surface area contributed by atoms with Crippen molar-refractivity contribution < 1.29 is 31.3 Å². The monoisotopic (exact) mass is 336 g/mol. The van der Waals surface area contributed by atoms with Gasteiger partial charge in [0, 0.05) is 24.6 Å². The van der Waals surface area contributed by atoms with E-state index in [0.717, 1.165) is 5.69 Å². The molecule has 0 unspecified atom stereocenters. The van der Waals surface area contributed by atoms with Gasteiger partial charge >= 0.3 is 5.69 Å². The molecule has 2 rings (SSSR count). The van der Waals surface area contributed by atoms with E-state index in [1.54, 1.807) is 34.9 Å². The summed E-state index contributed by atoms with van der Waals surface area (Å²) in [4.78, 5) is 22.3. The number of benzene rings is 1. The van der Waals surface area contributed by atoms with E-state index in [0.29, 0.717) is 5.56 Å². The average Bonchev–Trinajstić information content (AvgIpc) is 2.42. The molecule has 2 aromatic rings. The fourth-order valence-corrected chi connectivity index (χ4v) is 1.75. The molecule has 0 bridgehead atoms. The Hall–Kier alpha value is -2.08. The van der Waals surface area contributed by atoms with E-state index in [1.807, 2.05) is 13.0 Å². The molecule has 0 spiro atoms. The number of pyridine rings is 1. The predicted molar refractivity (Wildman–Crippen MR) is 68.8 cm³/mol. The zero-order valence-electron chi connectivity index (χ0n) is 10.8. The molecule has 1 heterocycles.